The van der Waals surface area contributed by atoms with Crippen LogP contribution in [0.5, 0.6) is 5.75 Å². The monoisotopic (exact) mass is 464 g/mol. The number of piperidine rings is 1. The summed E-state index contributed by atoms with van der Waals surface area (Å²) < 4.78 is 33.2. The van der Waals surface area contributed by atoms with Gasteiger partial charge in [-0.25, -0.2) is 8.42 Å². The number of likely N-dealkylation sites (tertiary alicyclic amines) is 1. The zero-order valence-electron chi connectivity index (χ0n) is 18.4. The van der Waals surface area contributed by atoms with E-state index >= 15 is 0 Å². The summed E-state index contributed by atoms with van der Waals surface area (Å²) in [5.41, 5.74) is 1.84. The Morgan fingerprint density at radius 1 is 0.879 bits per heavy atom. The average Bonchev–Trinajstić information content (AvgIpc) is 2.84. The van der Waals surface area contributed by atoms with Crippen LogP contribution in [0.1, 0.15) is 18.4 Å². The highest BCUT2D eigenvalue weighted by Crippen LogP contribution is 2.22. The van der Waals surface area contributed by atoms with Crippen molar-refractivity contribution in [1.29, 1.82) is 0 Å². The van der Waals surface area contributed by atoms with Crippen LogP contribution in [0.2, 0.25) is 0 Å². The van der Waals surface area contributed by atoms with Crippen molar-refractivity contribution in [3.63, 3.8) is 0 Å². The number of benzene rings is 3. The molecule has 33 heavy (non-hydrogen) atoms. The Balaban J connectivity index is 1.24. The van der Waals surface area contributed by atoms with E-state index in [0.29, 0.717) is 17.4 Å². The summed E-state index contributed by atoms with van der Waals surface area (Å²) >= 11 is 0. The van der Waals surface area contributed by atoms with Crippen LogP contribution in [0.25, 0.3) is 0 Å². The van der Waals surface area contributed by atoms with Crippen LogP contribution < -0.4 is 9.46 Å². The maximum atomic E-state index is 12.6. The Bertz CT molecular complexity index is 1140. The molecule has 0 bridgehead atoms. The second-order valence-corrected chi connectivity index (χ2v) is 9.93. The van der Waals surface area contributed by atoms with Crippen LogP contribution in [0, 0.1) is 5.92 Å². The number of hydrogen-bond donors (Lipinski definition) is 1. The van der Waals surface area contributed by atoms with Gasteiger partial charge in [-0.15, -0.1) is 0 Å². The molecule has 1 fully saturated rings. The highest BCUT2D eigenvalue weighted by atomic mass is 32.2. The lowest BCUT2D eigenvalue weighted by Gasteiger charge is -2.32. The lowest BCUT2D eigenvalue weighted by Crippen LogP contribution is -2.41. The molecule has 6 nitrogen and oxygen atoms in total. The van der Waals surface area contributed by atoms with Gasteiger partial charge in [0.15, 0.2) is 6.61 Å². The Morgan fingerprint density at radius 2 is 1.48 bits per heavy atom. The lowest BCUT2D eigenvalue weighted by atomic mass is 9.90. The first-order valence-corrected chi connectivity index (χ1v) is 12.6. The molecular formula is C26H28N2O4S. The summed E-state index contributed by atoms with van der Waals surface area (Å²) in [6.07, 6.45) is 3.02. The van der Waals surface area contributed by atoms with E-state index in [1.807, 2.05) is 17.0 Å². The topological polar surface area (TPSA) is 75.7 Å². The molecule has 0 spiro atoms. The summed E-state index contributed by atoms with van der Waals surface area (Å²) in [6.45, 7) is 1.42. The number of nitrogens with one attached hydrogen (secondary N) is 1. The second-order valence-electron chi connectivity index (χ2n) is 8.25. The van der Waals surface area contributed by atoms with Crippen molar-refractivity contribution in [2.45, 2.75) is 24.2 Å². The number of carbonyl (C=O) groups excluding carboxylic acids is 1. The summed E-state index contributed by atoms with van der Waals surface area (Å²) in [5, 5.41) is 0. The third-order valence-corrected chi connectivity index (χ3v) is 7.25. The van der Waals surface area contributed by atoms with Gasteiger partial charge in [0.1, 0.15) is 5.75 Å². The zero-order chi connectivity index (χ0) is 23.1. The molecule has 1 amide bonds. The van der Waals surface area contributed by atoms with Crippen molar-refractivity contribution < 1.29 is 17.9 Å². The fourth-order valence-corrected chi connectivity index (χ4v) is 5.06. The molecule has 1 saturated heterocycles. The minimum Gasteiger partial charge on any atom is -0.484 e. The molecule has 0 unspecified atom stereocenters. The van der Waals surface area contributed by atoms with Crippen molar-refractivity contribution in [3.05, 3.63) is 90.5 Å². The first kappa shape index (κ1) is 22.9. The van der Waals surface area contributed by atoms with Crippen LogP contribution in [-0.2, 0) is 21.2 Å². The number of rotatable bonds is 8. The zero-order valence-corrected chi connectivity index (χ0v) is 19.2. The SMILES string of the molecule is O=C(COc1ccc(S(=O)(=O)Nc2ccccc2)cc1)N1CCC(Cc2ccccc2)CC1. The van der Waals surface area contributed by atoms with Gasteiger partial charge in [0.05, 0.1) is 4.90 Å². The molecule has 172 valence electrons. The van der Waals surface area contributed by atoms with E-state index in [1.54, 1.807) is 36.4 Å². The largest absolute Gasteiger partial charge is 0.484 e. The molecule has 0 aromatic heterocycles. The third kappa shape index (κ3) is 6.35. The van der Waals surface area contributed by atoms with Gasteiger partial charge < -0.3 is 9.64 Å². The number of amides is 1. The molecular weight excluding hydrogens is 436 g/mol. The summed E-state index contributed by atoms with van der Waals surface area (Å²) in [4.78, 5) is 14.5. The van der Waals surface area contributed by atoms with Gasteiger partial charge >= 0.3 is 0 Å². The van der Waals surface area contributed by atoms with Crippen LogP contribution in [-0.4, -0.2) is 38.9 Å². The minimum atomic E-state index is -3.69. The van der Waals surface area contributed by atoms with Crippen molar-refractivity contribution in [2.24, 2.45) is 5.92 Å². The van der Waals surface area contributed by atoms with E-state index in [-0.39, 0.29) is 17.4 Å². The molecule has 7 heteroatoms. The van der Waals surface area contributed by atoms with E-state index in [1.165, 1.54) is 17.7 Å². The molecule has 3 aromatic carbocycles. The van der Waals surface area contributed by atoms with Gasteiger partial charge in [0, 0.05) is 18.8 Å². The predicted octanol–water partition coefficient (Wildman–Crippen LogP) is 4.35. The van der Waals surface area contributed by atoms with E-state index in [0.717, 1.165) is 32.4 Å². The molecule has 0 atom stereocenters. The van der Waals surface area contributed by atoms with Crippen LogP contribution in [0.15, 0.2) is 89.8 Å². The molecule has 1 N–H and O–H groups in total. The first-order chi connectivity index (χ1) is 16.0. The van der Waals surface area contributed by atoms with E-state index in [4.69, 9.17) is 4.74 Å². The molecule has 1 heterocycles. The average molecular weight is 465 g/mol. The van der Waals surface area contributed by atoms with Gasteiger partial charge in [-0.05, 0) is 67.1 Å². The van der Waals surface area contributed by atoms with Gasteiger partial charge in [-0.1, -0.05) is 48.5 Å². The standard InChI is InChI=1S/C26H28N2O4S/c29-26(28-17-15-22(16-18-28)19-21-7-3-1-4-8-21)20-32-24-11-13-25(14-12-24)33(30,31)27-23-9-5-2-6-10-23/h1-14,22,27H,15-20H2. The predicted molar refractivity (Wildman–Crippen MR) is 129 cm³/mol. The number of sulfonamides is 1. The number of hydrogen-bond acceptors (Lipinski definition) is 4. The van der Waals surface area contributed by atoms with Crippen LogP contribution in [0.3, 0.4) is 0 Å². The number of ether oxygens (including phenoxy) is 1. The Kier molecular flexibility index (Phi) is 7.29. The second kappa shape index (κ2) is 10.5. The van der Waals surface area contributed by atoms with Gasteiger partial charge in [-0.3, -0.25) is 9.52 Å². The van der Waals surface area contributed by atoms with Crippen molar-refractivity contribution >= 4 is 21.6 Å². The maximum absolute atomic E-state index is 12.6. The Labute approximate surface area is 195 Å². The third-order valence-electron chi connectivity index (χ3n) is 5.86. The smallest absolute Gasteiger partial charge is 0.261 e. The number of carbonyl (C=O) groups is 1. The number of para-hydroxylation sites is 1. The van der Waals surface area contributed by atoms with E-state index in [9.17, 15) is 13.2 Å². The van der Waals surface area contributed by atoms with Crippen molar-refractivity contribution in [2.75, 3.05) is 24.4 Å². The Hall–Kier alpha value is -3.32. The summed E-state index contributed by atoms with van der Waals surface area (Å²) in [6, 6.07) is 25.3. The van der Waals surface area contributed by atoms with Gasteiger partial charge in [-0.2, -0.15) is 0 Å². The number of nitrogens with zero attached hydrogens (tertiary/aromatic N) is 1. The van der Waals surface area contributed by atoms with Gasteiger partial charge in [0.2, 0.25) is 0 Å². The lowest BCUT2D eigenvalue weighted by molar-refractivity contribution is -0.134. The van der Waals surface area contributed by atoms with E-state index in [2.05, 4.69) is 29.0 Å². The van der Waals surface area contributed by atoms with Crippen molar-refractivity contribution in [1.82, 2.24) is 4.90 Å². The minimum absolute atomic E-state index is 0.0457. The summed E-state index contributed by atoms with van der Waals surface area (Å²) in [5.74, 6) is 1.01. The number of anilines is 1. The Morgan fingerprint density at radius 3 is 2.12 bits per heavy atom. The molecule has 0 saturated carbocycles. The fraction of sp³-hybridized carbons (Fsp3) is 0.269. The van der Waals surface area contributed by atoms with Crippen molar-refractivity contribution in [3.8, 4) is 5.75 Å². The van der Waals surface area contributed by atoms with E-state index < -0.39 is 10.0 Å². The molecule has 4 rings (SSSR count). The molecule has 3 aromatic rings. The maximum Gasteiger partial charge on any atom is 0.261 e. The molecule has 1 aliphatic rings. The first-order valence-electron chi connectivity index (χ1n) is 11.1. The molecule has 0 radical (unpaired) electrons. The highest BCUT2D eigenvalue weighted by Gasteiger charge is 2.23. The highest BCUT2D eigenvalue weighted by molar-refractivity contribution is 7.92. The summed E-state index contributed by atoms with van der Waals surface area (Å²) in [7, 11) is -3.69. The molecule has 1 aliphatic heterocycles. The quantitative estimate of drug-likeness (QED) is 0.538. The van der Waals surface area contributed by atoms with Crippen LogP contribution >= 0.6 is 0 Å². The molecule has 0 aliphatic carbocycles. The van der Waals surface area contributed by atoms with Gasteiger partial charge in [0.25, 0.3) is 15.9 Å². The normalized spacial score (nSPS) is 14.6. The van der Waals surface area contributed by atoms with Crippen LogP contribution in [0.4, 0.5) is 5.69 Å². The fourth-order valence-electron chi connectivity index (χ4n) is 4.01.